The fraction of sp³-hybridized carbons (Fsp3) is 0.902. The number of esters is 2. The molecule has 0 spiro atoms. The lowest BCUT2D eigenvalue weighted by atomic mass is 10.0. The van der Waals surface area contributed by atoms with Crippen molar-refractivity contribution in [2.24, 2.45) is 0 Å². The summed E-state index contributed by atoms with van der Waals surface area (Å²) in [6, 6.07) is 0. The monoisotopic (exact) mass is 746 g/mol. The van der Waals surface area contributed by atoms with E-state index in [9.17, 15) is 19.0 Å². The molecule has 0 aromatic heterocycles. The van der Waals surface area contributed by atoms with E-state index in [1.807, 2.05) is 21.1 Å². The second-order valence-electron chi connectivity index (χ2n) is 15.4. The van der Waals surface area contributed by atoms with E-state index in [4.69, 9.17) is 18.5 Å². The number of phosphoric acid groups is 1. The minimum atomic E-state index is -4.62. The Morgan fingerprint density at radius 2 is 1.00 bits per heavy atom. The van der Waals surface area contributed by atoms with Crippen LogP contribution in [0.3, 0.4) is 0 Å². The lowest BCUT2D eigenvalue weighted by molar-refractivity contribution is -0.870. The average Bonchev–Trinajstić information content (AvgIpc) is 3.07. The van der Waals surface area contributed by atoms with E-state index in [2.05, 4.69) is 26.0 Å². The van der Waals surface area contributed by atoms with E-state index in [1.54, 1.807) is 0 Å². The lowest BCUT2D eigenvalue weighted by Crippen LogP contribution is -2.37. The molecular weight excluding hydrogens is 665 g/mol. The number of carbonyl (C=O) groups excluding carboxylic acids is 2. The van der Waals surface area contributed by atoms with Gasteiger partial charge < -0.3 is 27.9 Å². The average molecular weight is 746 g/mol. The molecule has 51 heavy (non-hydrogen) atoms. The molecular formula is C41H80NO8P. The Labute approximate surface area is 314 Å². The van der Waals surface area contributed by atoms with Crippen LogP contribution in [-0.4, -0.2) is 70.0 Å². The SMILES string of the molecule is CCCCCCCCCCC/C=C/CCCCC(=O)OC[C@H](COP(=O)([O-])OCC[N+](C)(C)C)OC(=O)CCCCCCCCCCCCCC. The molecule has 0 saturated heterocycles. The molecule has 0 N–H and O–H groups in total. The molecule has 10 heteroatoms. The number of hydrogen-bond acceptors (Lipinski definition) is 8. The minimum Gasteiger partial charge on any atom is -0.756 e. The molecule has 0 aliphatic rings. The molecule has 0 aliphatic carbocycles. The third-order valence-corrected chi connectivity index (χ3v) is 10.00. The summed E-state index contributed by atoms with van der Waals surface area (Å²) in [5, 5.41) is 0. The highest BCUT2D eigenvalue weighted by Crippen LogP contribution is 2.38. The molecule has 9 nitrogen and oxygen atoms in total. The van der Waals surface area contributed by atoms with Gasteiger partial charge in [-0.15, -0.1) is 0 Å². The van der Waals surface area contributed by atoms with Crippen molar-refractivity contribution in [1.29, 1.82) is 0 Å². The summed E-state index contributed by atoms with van der Waals surface area (Å²) in [7, 11) is 1.16. The molecule has 302 valence electrons. The molecule has 0 aromatic rings. The van der Waals surface area contributed by atoms with Crippen molar-refractivity contribution in [3.63, 3.8) is 0 Å². The Hall–Kier alpha value is -1.25. The first-order valence-corrected chi connectivity index (χ1v) is 22.4. The molecule has 0 fully saturated rings. The van der Waals surface area contributed by atoms with E-state index in [-0.39, 0.29) is 26.1 Å². The van der Waals surface area contributed by atoms with Crippen LogP contribution in [0.15, 0.2) is 12.2 Å². The zero-order chi connectivity index (χ0) is 37.9. The van der Waals surface area contributed by atoms with Gasteiger partial charge in [0.1, 0.15) is 19.8 Å². The predicted octanol–water partition coefficient (Wildman–Crippen LogP) is 10.8. The van der Waals surface area contributed by atoms with Gasteiger partial charge in [-0.2, -0.15) is 0 Å². The summed E-state index contributed by atoms with van der Waals surface area (Å²) in [5.74, 6) is -0.854. The molecule has 0 heterocycles. The Kier molecular flexibility index (Phi) is 33.7. The molecule has 0 radical (unpaired) electrons. The Morgan fingerprint density at radius 3 is 1.49 bits per heavy atom. The Balaban J connectivity index is 4.39. The van der Waals surface area contributed by atoms with E-state index in [1.165, 1.54) is 116 Å². The van der Waals surface area contributed by atoms with Crippen LogP contribution in [0.5, 0.6) is 0 Å². The van der Waals surface area contributed by atoms with Crippen LogP contribution in [0, 0.1) is 0 Å². The van der Waals surface area contributed by atoms with Gasteiger partial charge in [-0.05, 0) is 38.5 Å². The molecule has 2 atom stereocenters. The van der Waals surface area contributed by atoms with Crippen molar-refractivity contribution in [1.82, 2.24) is 0 Å². The van der Waals surface area contributed by atoms with Gasteiger partial charge in [-0.25, -0.2) is 0 Å². The summed E-state index contributed by atoms with van der Waals surface area (Å²) in [4.78, 5) is 37.4. The van der Waals surface area contributed by atoms with Gasteiger partial charge in [0, 0.05) is 12.8 Å². The maximum absolute atomic E-state index is 12.6. The molecule has 1 unspecified atom stereocenters. The number of carbonyl (C=O) groups is 2. The highest BCUT2D eigenvalue weighted by molar-refractivity contribution is 7.45. The highest BCUT2D eigenvalue weighted by Gasteiger charge is 2.21. The van der Waals surface area contributed by atoms with Crippen molar-refractivity contribution in [2.75, 3.05) is 47.5 Å². The number of ether oxygens (including phenoxy) is 2. The number of hydrogen-bond donors (Lipinski definition) is 0. The van der Waals surface area contributed by atoms with Crippen LogP contribution in [0.2, 0.25) is 0 Å². The summed E-state index contributed by atoms with van der Waals surface area (Å²) in [5.41, 5.74) is 0. The number of allylic oxidation sites excluding steroid dienone is 2. The van der Waals surface area contributed by atoms with Gasteiger partial charge in [-0.3, -0.25) is 14.2 Å². The van der Waals surface area contributed by atoms with E-state index in [0.717, 1.165) is 32.1 Å². The number of unbranched alkanes of at least 4 members (excludes halogenated alkanes) is 22. The van der Waals surface area contributed by atoms with Crippen LogP contribution in [-0.2, 0) is 32.7 Å². The number of nitrogens with zero attached hydrogens (tertiary/aromatic N) is 1. The van der Waals surface area contributed by atoms with Gasteiger partial charge in [0.15, 0.2) is 6.10 Å². The topological polar surface area (TPSA) is 111 Å². The normalized spacial score (nSPS) is 13.8. The Morgan fingerprint density at radius 1 is 0.588 bits per heavy atom. The number of phosphoric ester groups is 1. The molecule has 0 rings (SSSR count). The first kappa shape index (κ1) is 49.8. The maximum Gasteiger partial charge on any atom is 0.306 e. The fourth-order valence-corrected chi connectivity index (χ4v) is 6.44. The summed E-state index contributed by atoms with van der Waals surface area (Å²) >= 11 is 0. The van der Waals surface area contributed by atoms with Crippen LogP contribution < -0.4 is 4.89 Å². The van der Waals surface area contributed by atoms with Gasteiger partial charge in [-0.1, -0.05) is 148 Å². The van der Waals surface area contributed by atoms with Crippen LogP contribution in [0.1, 0.15) is 187 Å². The van der Waals surface area contributed by atoms with E-state index >= 15 is 0 Å². The van der Waals surface area contributed by atoms with Crippen molar-refractivity contribution >= 4 is 19.8 Å². The molecule has 0 amide bonds. The fourth-order valence-electron chi connectivity index (χ4n) is 5.71. The smallest absolute Gasteiger partial charge is 0.306 e. The summed E-state index contributed by atoms with van der Waals surface area (Å²) in [6.07, 6.45) is 33.8. The minimum absolute atomic E-state index is 0.0306. The number of quaternary nitrogens is 1. The van der Waals surface area contributed by atoms with Gasteiger partial charge in [0.25, 0.3) is 7.82 Å². The van der Waals surface area contributed by atoms with Gasteiger partial charge in [0.05, 0.1) is 27.7 Å². The predicted molar refractivity (Wildman–Crippen MR) is 208 cm³/mol. The number of likely N-dealkylation sites (N-methyl/N-ethyl adjacent to an activating group) is 1. The maximum atomic E-state index is 12.6. The van der Waals surface area contributed by atoms with Crippen molar-refractivity contribution in [3.05, 3.63) is 12.2 Å². The standard InChI is InChI=1S/C41H80NO8P/c1-6-8-10-12-14-16-18-20-21-22-24-25-27-29-31-33-40(43)47-37-39(38-49-51(45,46)48-36-35-42(3,4)5)50-41(44)34-32-30-28-26-23-19-17-15-13-11-9-7-2/h24-25,39H,6-23,26-38H2,1-5H3/b25-24+/t39-/m1/s1. The van der Waals surface area contributed by atoms with Crippen LogP contribution >= 0.6 is 7.82 Å². The molecule has 0 aliphatic heterocycles. The molecule has 0 saturated carbocycles. The lowest BCUT2D eigenvalue weighted by Gasteiger charge is -2.28. The first-order chi connectivity index (χ1) is 24.5. The van der Waals surface area contributed by atoms with E-state index < -0.39 is 32.5 Å². The third kappa shape index (κ3) is 38.3. The first-order valence-electron chi connectivity index (χ1n) is 20.9. The quantitative estimate of drug-likeness (QED) is 0.0202. The van der Waals surface area contributed by atoms with Gasteiger partial charge >= 0.3 is 11.9 Å². The van der Waals surface area contributed by atoms with Crippen molar-refractivity contribution in [2.45, 2.75) is 193 Å². The van der Waals surface area contributed by atoms with Gasteiger partial charge in [0.2, 0.25) is 0 Å². The second-order valence-corrected chi connectivity index (χ2v) is 16.8. The summed E-state index contributed by atoms with van der Waals surface area (Å²) in [6.45, 7) is 4.21. The van der Waals surface area contributed by atoms with Crippen LogP contribution in [0.25, 0.3) is 0 Å². The molecule has 0 aromatic carbocycles. The zero-order valence-electron chi connectivity index (χ0n) is 33.8. The third-order valence-electron chi connectivity index (χ3n) is 9.04. The molecule has 0 bridgehead atoms. The zero-order valence-corrected chi connectivity index (χ0v) is 34.7. The highest BCUT2D eigenvalue weighted by atomic mass is 31.2. The largest absolute Gasteiger partial charge is 0.756 e. The van der Waals surface area contributed by atoms with Crippen LogP contribution in [0.4, 0.5) is 0 Å². The second kappa shape index (κ2) is 34.5. The van der Waals surface area contributed by atoms with Crippen molar-refractivity contribution in [3.8, 4) is 0 Å². The summed E-state index contributed by atoms with van der Waals surface area (Å²) < 4.78 is 33.8. The van der Waals surface area contributed by atoms with Crippen molar-refractivity contribution < 1.29 is 42.1 Å². The number of rotatable bonds is 38. The van der Waals surface area contributed by atoms with E-state index in [0.29, 0.717) is 23.9 Å². The Bertz CT molecular complexity index is 891.